The Kier molecular flexibility index (Phi) is 4.02. The molecule has 5 nitrogen and oxygen atoms in total. The lowest BCUT2D eigenvalue weighted by Gasteiger charge is -2.26. The van der Waals surface area contributed by atoms with Crippen LogP contribution in [0, 0.1) is 25.2 Å². The van der Waals surface area contributed by atoms with Crippen LogP contribution < -0.4 is 5.32 Å². The number of nitrogens with zero attached hydrogens (tertiary/aromatic N) is 3. The number of rotatable bonds is 4. The fraction of sp³-hybridized carbons (Fsp3) is 0.583. The maximum absolute atomic E-state index is 9.14. The Morgan fingerprint density at radius 1 is 1.35 bits per heavy atom. The minimum Gasteiger partial charge on any atom is -0.396 e. The standard InChI is InChI=1S/C12H18N4O/c1-8-9(2)15-16-11(10(8)7-13)14-12(3,4)5-6-17/h17H,5-6H2,1-4H3,(H,14,16). The Balaban J connectivity index is 3.08. The molecule has 0 aromatic carbocycles. The van der Waals surface area contributed by atoms with Gasteiger partial charge in [-0.3, -0.25) is 0 Å². The monoisotopic (exact) mass is 234 g/mol. The topological polar surface area (TPSA) is 81.8 Å². The highest BCUT2D eigenvalue weighted by atomic mass is 16.3. The molecule has 0 fully saturated rings. The van der Waals surface area contributed by atoms with E-state index in [-0.39, 0.29) is 12.1 Å². The highest BCUT2D eigenvalue weighted by Crippen LogP contribution is 2.22. The molecule has 0 saturated heterocycles. The van der Waals surface area contributed by atoms with Gasteiger partial charge in [-0.15, -0.1) is 5.10 Å². The lowest BCUT2D eigenvalue weighted by Crippen LogP contribution is -2.33. The molecule has 0 aliphatic rings. The van der Waals surface area contributed by atoms with Crippen molar-refractivity contribution in [1.82, 2.24) is 10.2 Å². The van der Waals surface area contributed by atoms with Crippen LogP contribution in [0.25, 0.3) is 0 Å². The zero-order chi connectivity index (χ0) is 13.1. The van der Waals surface area contributed by atoms with Crippen molar-refractivity contribution in [3.8, 4) is 6.07 Å². The highest BCUT2D eigenvalue weighted by molar-refractivity contribution is 5.56. The second-order valence-electron chi connectivity index (χ2n) is 4.73. The van der Waals surface area contributed by atoms with E-state index < -0.39 is 0 Å². The molecule has 0 bridgehead atoms. The van der Waals surface area contributed by atoms with E-state index in [1.807, 2.05) is 27.7 Å². The van der Waals surface area contributed by atoms with E-state index in [1.54, 1.807) is 0 Å². The average molecular weight is 234 g/mol. The van der Waals surface area contributed by atoms with Crippen molar-refractivity contribution in [1.29, 1.82) is 5.26 Å². The van der Waals surface area contributed by atoms with Crippen LogP contribution in [0.3, 0.4) is 0 Å². The summed E-state index contributed by atoms with van der Waals surface area (Å²) in [5.74, 6) is 0.481. The molecule has 0 atom stereocenters. The Labute approximate surface area is 101 Å². The van der Waals surface area contributed by atoms with Gasteiger partial charge in [0.1, 0.15) is 11.6 Å². The third-order valence-electron chi connectivity index (χ3n) is 2.76. The van der Waals surface area contributed by atoms with E-state index in [4.69, 9.17) is 10.4 Å². The first kappa shape index (κ1) is 13.4. The molecule has 1 aromatic heterocycles. The van der Waals surface area contributed by atoms with Crippen molar-refractivity contribution < 1.29 is 5.11 Å². The number of aliphatic hydroxyl groups is 1. The molecule has 0 saturated carbocycles. The van der Waals surface area contributed by atoms with Gasteiger partial charge in [-0.1, -0.05) is 0 Å². The Bertz CT molecular complexity index is 449. The molecule has 1 aromatic rings. The van der Waals surface area contributed by atoms with Crippen molar-refractivity contribution in [3.63, 3.8) is 0 Å². The zero-order valence-electron chi connectivity index (χ0n) is 10.7. The van der Waals surface area contributed by atoms with Gasteiger partial charge in [0.05, 0.1) is 5.69 Å². The van der Waals surface area contributed by atoms with Crippen molar-refractivity contribution in [3.05, 3.63) is 16.8 Å². The third-order valence-corrected chi connectivity index (χ3v) is 2.76. The van der Waals surface area contributed by atoms with E-state index in [0.29, 0.717) is 17.8 Å². The molecule has 92 valence electrons. The van der Waals surface area contributed by atoms with E-state index in [2.05, 4.69) is 21.6 Å². The summed E-state index contributed by atoms with van der Waals surface area (Å²) in [5, 5.41) is 29.3. The summed E-state index contributed by atoms with van der Waals surface area (Å²) in [6.07, 6.45) is 0.576. The molecular formula is C12H18N4O. The van der Waals surface area contributed by atoms with E-state index in [0.717, 1.165) is 11.3 Å². The fourth-order valence-corrected chi connectivity index (χ4v) is 1.50. The molecule has 0 spiro atoms. The Morgan fingerprint density at radius 2 is 2.00 bits per heavy atom. The summed E-state index contributed by atoms with van der Waals surface area (Å²) >= 11 is 0. The number of aromatic nitrogens is 2. The molecule has 5 heteroatoms. The number of nitrogens with one attached hydrogen (secondary N) is 1. The maximum Gasteiger partial charge on any atom is 0.167 e. The molecule has 2 N–H and O–H groups in total. The van der Waals surface area contributed by atoms with Gasteiger partial charge in [0.2, 0.25) is 0 Å². The number of nitriles is 1. The molecule has 0 aliphatic heterocycles. The second-order valence-corrected chi connectivity index (χ2v) is 4.73. The first-order chi connectivity index (χ1) is 7.91. The van der Waals surface area contributed by atoms with Crippen LogP contribution in [-0.2, 0) is 0 Å². The normalized spacial score (nSPS) is 11.1. The third kappa shape index (κ3) is 3.14. The van der Waals surface area contributed by atoms with Gasteiger partial charge < -0.3 is 10.4 Å². The second kappa shape index (κ2) is 5.11. The SMILES string of the molecule is Cc1nnc(NC(C)(C)CCO)c(C#N)c1C. The largest absolute Gasteiger partial charge is 0.396 e. The molecule has 1 rings (SSSR count). The summed E-state index contributed by atoms with van der Waals surface area (Å²) < 4.78 is 0. The van der Waals surface area contributed by atoms with Crippen molar-refractivity contribution in [2.24, 2.45) is 0 Å². The van der Waals surface area contributed by atoms with E-state index in [9.17, 15) is 0 Å². The fourth-order valence-electron chi connectivity index (χ4n) is 1.50. The Morgan fingerprint density at radius 3 is 2.53 bits per heavy atom. The van der Waals surface area contributed by atoms with E-state index in [1.165, 1.54) is 0 Å². The summed E-state index contributed by atoms with van der Waals surface area (Å²) in [4.78, 5) is 0. The number of aryl methyl sites for hydroxylation is 1. The Hall–Kier alpha value is -1.67. The van der Waals surface area contributed by atoms with Gasteiger partial charge >= 0.3 is 0 Å². The van der Waals surface area contributed by atoms with Crippen molar-refractivity contribution in [2.45, 2.75) is 39.7 Å². The van der Waals surface area contributed by atoms with Crippen molar-refractivity contribution in [2.75, 3.05) is 11.9 Å². The van der Waals surface area contributed by atoms with Crippen LogP contribution in [0.2, 0.25) is 0 Å². The van der Waals surface area contributed by atoms with Crippen LogP contribution in [-0.4, -0.2) is 27.4 Å². The van der Waals surface area contributed by atoms with Crippen LogP contribution in [0.15, 0.2) is 0 Å². The van der Waals surface area contributed by atoms with Crippen LogP contribution in [0.1, 0.15) is 37.1 Å². The molecule has 0 radical (unpaired) electrons. The van der Waals surface area contributed by atoms with Gasteiger partial charge in [-0.05, 0) is 39.7 Å². The summed E-state index contributed by atoms with van der Waals surface area (Å²) in [6, 6.07) is 2.14. The predicted molar refractivity (Wildman–Crippen MR) is 65.6 cm³/mol. The summed E-state index contributed by atoms with van der Waals surface area (Å²) in [5.41, 5.74) is 1.79. The molecule has 0 amide bonds. The summed E-state index contributed by atoms with van der Waals surface area (Å²) in [6.45, 7) is 7.65. The van der Waals surface area contributed by atoms with Gasteiger partial charge in [0.15, 0.2) is 5.82 Å². The van der Waals surface area contributed by atoms with Gasteiger partial charge in [-0.25, -0.2) is 0 Å². The lowest BCUT2D eigenvalue weighted by atomic mass is 10.0. The smallest absolute Gasteiger partial charge is 0.167 e. The van der Waals surface area contributed by atoms with Gasteiger partial charge in [0, 0.05) is 12.1 Å². The lowest BCUT2D eigenvalue weighted by molar-refractivity contribution is 0.260. The van der Waals surface area contributed by atoms with Crippen LogP contribution in [0.5, 0.6) is 0 Å². The summed E-state index contributed by atoms with van der Waals surface area (Å²) in [7, 11) is 0. The first-order valence-electron chi connectivity index (χ1n) is 5.54. The maximum atomic E-state index is 9.14. The van der Waals surface area contributed by atoms with Crippen LogP contribution in [0.4, 0.5) is 5.82 Å². The number of hydrogen-bond donors (Lipinski definition) is 2. The average Bonchev–Trinajstić information content (AvgIpc) is 2.23. The predicted octanol–water partition coefficient (Wildman–Crippen LogP) is 1.54. The van der Waals surface area contributed by atoms with E-state index >= 15 is 0 Å². The first-order valence-corrected chi connectivity index (χ1v) is 5.54. The molecule has 17 heavy (non-hydrogen) atoms. The quantitative estimate of drug-likeness (QED) is 0.825. The highest BCUT2D eigenvalue weighted by Gasteiger charge is 2.20. The number of hydrogen-bond acceptors (Lipinski definition) is 5. The minimum atomic E-state index is -0.323. The zero-order valence-corrected chi connectivity index (χ0v) is 10.7. The molecule has 0 unspecified atom stereocenters. The number of aliphatic hydroxyl groups excluding tert-OH is 1. The van der Waals surface area contributed by atoms with Crippen LogP contribution >= 0.6 is 0 Å². The molecule has 0 aliphatic carbocycles. The minimum absolute atomic E-state index is 0.0835. The van der Waals surface area contributed by atoms with Gasteiger partial charge in [0.25, 0.3) is 0 Å². The molecule has 1 heterocycles. The molecular weight excluding hydrogens is 216 g/mol. The van der Waals surface area contributed by atoms with Crippen molar-refractivity contribution >= 4 is 5.82 Å². The van der Waals surface area contributed by atoms with Gasteiger partial charge in [-0.2, -0.15) is 10.4 Å². The number of anilines is 1.